The summed E-state index contributed by atoms with van der Waals surface area (Å²) in [5.41, 5.74) is 6.29. The van der Waals surface area contributed by atoms with Gasteiger partial charge in [-0.05, 0) is 50.9 Å². The summed E-state index contributed by atoms with van der Waals surface area (Å²) in [7, 11) is 1.62. The summed E-state index contributed by atoms with van der Waals surface area (Å²) >= 11 is 0. The van der Waals surface area contributed by atoms with E-state index in [1.54, 1.807) is 7.11 Å². The Labute approximate surface area is 115 Å². The van der Waals surface area contributed by atoms with Crippen molar-refractivity contribution in [3.8, 4) is 17.6 Å². The molecule has 1 aromatic carbocycles. The molecular formula is C15H22N2O2. The monoisotopic (exact) mass is 262 g/mol. The van der Waals surface area contributed by atoms with Gasteiger partial charge < -0.3 is 15.2 Å². The van der Waals surface area contributed by atoms with Gasteiger partial charge in [0.05, 0.1) is 25.2 Å². The van der Waals surface area contributed by atoms with Crippen LogP contribution in [-0.4, -0.2) is 20.3 Å². The summed E-state index contributed by atoms with van der Waals surface area (Å²) in [5, 5.41) is 8.95. The minimum atomic E-state index is -0.368. The molecule has 0 amide bonds. The van der Waals surface area contributed by atoms with E-state index in [9.17, 15) is 0 Å². The number of methoxy groups -OCH3 is 1. The number of nitriles is 1. The second-order valence-electron chi connectivity index (χ2n) is 5.12. The smallest absolute Gasteiger partial charge is 0.161 e. The van der Waals surface area contributed by atoms with Crippen LogP contribution < -0.4 is 15.2 Å². The lowest BCUT2D eigenvalue weighted by Gasteiger charge is -2.16. The largest absolute Gasteiger partial charge is 0.493 e. The van der Waals surface area contributed by atoms with E-state index in [1.165, 1.54) is 0 Å². The number of nitrogens with zero attached hydrogens (tertiary/aromatic N) is 1. The Hall–Kier alpha value is -1.73. The molecule has 0 spiro atoms. The fourth-order valence-corrected chi connectivity index (χ4v) is 1.63. The summed E-state index contributed by atoms with van der Waals surface area (Å²) < 4.78 is 11.0. The summed E-state index contributed by atoms with van der Waals surface area (Å²) in [4.78, 5) is 0. The lowest BCUT2D eigenvalue weighted by atomic mass is 9.92. The Morgan fingerprint density at radius 2 is 2.05 bits per heavy atom. The zero-order valence-corrected chi connectivity index (χ0v) is 11.9. The fourth-order valence-electron chi connectivity index (χ4n) is 1.63. The number of rotatable bonds is 7. The van der Waals surface area contributed by atoms with Crippen LogP contribution in [0.25, 0.3) is 0 Å². The van der Waals surface area contributed by atoms with Gasteiger partial charge in [-0.1, -0.05) is 6.07 Å². The zero-order chi connectivity index (χ0) is 14.3. The number of ether oxygens (including phenoxy) is 2. The molecular weight excluding hydrogens is 240 g/mol. The molecule has 19 heavy (non-hydrogen) atoms. The second-order valence-corrected chi connectivity index (χ2v) is 5.12. The summed E-state index contributed by atoms with van der Waals surface area (Å²) in [6.45, 7) is 4.91. The molecule has 0 aliphatic heterocycles. The lowest BCUT2D eigenvalue weighted by molar-refractivity contribution is 0.252. The van der Waals surface area contributed by atoms with Gasteiger partial charge in [0.1, 0.15) is 0 Å². The first-order valence-electron chi connectivity index (χ1n) is 6.43. The van der Waals surface area contributed by atoms with Crippen LogP contribution in [0, 0.1) is 16.7 Å². The van der Waals surface area contributed by atoms with Crippen molar-refractivity contribution < 1.29 is 9.47 Å². The van der Waals surface area contributed by atoms with Gasteiger partial charge in [-0.3, -0.25) is 0 Å². The van der Waals surface area contributed by atoms with Crippen molar-refractivity contribution in [3.05, 3.63) is 23.8 Å². The molecule has 0 fully saturated rings. The van der Waals surface area contributed by atoms with Crippen molar-refractivity contribution in [2.75, 3.05) is 20.3 Å². The molecule has 1 rings (SSSR count). The Balaban J connectivity index is 2.66. The molecule has 1 aromatic rings. The Morgan fingerprint density at radius 3 is 2.63 bits per heavy atom. The SMILES string of the molecule is COc1cc(CCN)ccc1OCCC(C)(C)C#N. The van der Waals surface area contributed by atoms with E-state index >= 15 is 0 Å². The molecule has 0 heterocycles. The second kappa shape index (κ2) is 7.01. The highest BCUT2D eigenvalue weighted by atomic mass is 16.5. The van der Waals surface area contributed by atoms with Crippen molar-refractivity contribution >= 4 is 0 Å². The van der Waals surface area contributed by atoms with Gasteiger partial charge in [-0.25, -0.2) is 0 Å². The third kappa shape index (κ3) is 4.80. The molecule has 0 unspecified atom stereocenters. The van der Waals surface area contributed by atoms with E-state index < -0.39 is 0 Å². The Bertz CT molecular complexity index is 450. The average molecular weight is 262 g/mol. The average Bonchev–Trinajstić information content (AvgIpc) is 2.40. The quantitative estimate of drug-likeness (QED) is 0.819. The van der Waals surface area contributed by atoms with Gasteiger partial charge >= 0.3 is 0 Å². The van der Waals surface area contributed by atoms with Crippen LogP contribution in [0.1, 0.15) is 25.8 Å². The summed E-state index contributed by atoms with van der Waals surface area (Å²) in [6.07, 6.45) is 1.50. The van der Waals surface area contributed by atoms with Gasteiger partial charge in [0.2, 0.25) is 0 Å². The molecule has 4 heteroatoms. The highest BCUT2D eigenvalue weighted by Gasteiger charge is 2.17. The van der Waals surface area contributed by atoms with Crippen LogP contribution in [-0.2, 0) is 6.42 Å². The van der Waals surface area contributed by atoms with E-state index in [1.807, 2.05) is 32.0 Å². The van der Waals surface area contributed by atoms with Crippen LogP contribution in [0.2, 0.25) is 0 Å². The van der Waals surface area contributed by atoms with Crippen molar-refractivity contribution in [1.82, 2.24) is 0 Å². The first-order chi connectivity index (χ1) is 9.02. The van der Waals surface area contributed by atoms with Crippen LogP contribution >= 0.6 is 0 Å². The van der Waals surface area contributed by atoms with E-state index in [-0.39, 0.29) is 5.41 Å². The normalized spacial score (nSPS) is 10.9. The molecule has 0 aliphatic carbocycles. The highest BCUT2D eigenvalue weighted by Crippen LogP contribution is 2.29. The predicted octanol–water partition coefficient (Wildman–Crippen LogP) is 2.52. The first kappa shape index (κ1) is 15.3. The van der Waals surface area contributed by atoms with Crippen LogP contribution in [0.5, 0.6) is 11.5 Å². The van der Waals surface area contributed by atoms with E-state index in [2.05, 4.69) is 6.07 Å². The number of hydrogen-bond acceptors (Lipinski definition) is 4. The lowest BCUT2D eigenvalue weighted by Crippen LogP contribution is -2.13. The van der Waals surface area contributed by atoms with E-state index in [0.29, 0.717) is 31.1 Å². The van der Waals surface area contributed by atoms with E-state index in [4.69, 9.17) is 20.5 Å². The van der Waals surface area contributed by atoms with E-state index in [0.717, 1.165) is 12.0 Å². The molecule has 0 saturated carbocycles. The molecule has 104 valence electrons. The molecule has 2 N–H and O–H groups in total. The van der Waals surface area contributed by atoms with Gasteiger partial charge in [-0.15, -0.1) is 0 Å². The first-order valence-corrected chi connectivity index (χ1v) is 6.43. The van der Waals surface area contributed by atoms with Gasteiger partial charge in [0.15, 0.2) is 11.5 Å². The van der Waals surface area contributed by atoms with Crippen LogP contribution in [0.3, 0.4) is 0 Å². The number of hydrogen-bond donors (Lipinski definition) is 1. The van der Waals surface area contributed by atoms with Gasteiger partial charge in [0, 0.05) is 0 Å². The predicted molar refractivity (Wildman–Crippen MR) is 75.3 cm³/mol. The highest BCUT2D eigenvalue weighted by molar-refractivity contribution is 5.43. The standard InChI is InChI=1S/C15H22N2O2/c1-15(2,11-17)7-9-19-13-5-4-12(6-8-16)10-14(13)18-3/h4-5,10H,6-9,16H2,1-3H3. The minimum absolute atomic E-state index is 0.368. The minimum Gasteiger partial charge on any atom is -0.493 e. The van der Waals surface area contributed by atoms with Crippen LogP contribution in [0.4, 0.5) is 0 Å². The molecule has 0 atom stereocenters. The molecule has 0 radical (unpaired) electrons. The molecule has 0 saturated heterocycles. The van der Waals surface area contributed by atoms with Crippen molar-refractivity contribution in [2.24, 2.45) is 11.1 Å². The third-order valence-electron chi connectivity index (χ3n) is 2.95. The molecule has 0 aromatic heterocycles. The van der Waals surface area contributed by atoms with Crippen molar-refractivity contribution in [2.45, 2.75) is 26.7 Å². The number of benzene rings is 1. The van der Waals surface area contributed by atoms with Crippen molar-refractivity contribution in [1.29, 1.82) is 5.26 Å². The topological polar surface area (TPSA) is 68.3 Å². The Morgan fingerprint density at radius 1 is 1.32 bits per heavy atom. The van der Waals surface area contributed by atoms with Gasteiger partial charge in [-0.2, -0.15) is 5.26 Å². The number of nitrogens with two attached hydrogens (primary N) is 1. The van der Waals surface area contributed by atoms with Crippen LogP contribution in [0.15, 0.2) is 18.2 Å². The summed E-state index contributed by atoms with van der Waals surface area (Å²) in [5.74, 6) is 1.41. The third-order valence-corrected chi connectivity index (χ3v) is 2.95. The van der Waals surface area contributed by atoms with Crippen molar-refractivity contribution in [3.63, 3.8) is 0 Å². The fraction of sp³-hybridized carbons (Fsp3) is 0.533. The maximum Gasteiger partial charge on any atom is 0.161 e. The zero-order valence-electron chi connectivity index (χ0n) is 11.9. The molecule has 4 nitrogen and oxygen atoms in total. The summed E-state index contributed by atoms with van der Waals surface area (Å²) in [6, 6.07) is 8.08. The molecule has 0 aliphatic rings. The van der Waals surface area contributed by atoms with Gasteiger partial charge in [0.25, 0.3) is 0 Å². The Kier molecular flexibility index (Phi) is 5.65. The maximum atomic E-state index is 8.95. The maximum absolute atomic E-state index is 8.95. The molecule has 0 bridgehead atoms.